The Labute approximate surface area is 305 Å². The van der Waals surface area contributed by atoms with E-state index in [9.17, 15) is 0 Å². The Kier molecular flexibility index (Phi) is 23.3. The summed E-state index contributed by atoms with van der Waals surface area (Å²) in [5, 5.41) is 0. The van der Waals surface area contributed by atoms with Gasteiger partial charge in [0.1, 0.15) is 38.7 Å². The summed E-state index contributed by atoms with van der Waals surface area (Å²) in [6.45, 7) is 28.5. The number of fused-ring (bicyclic) bond motifs is 3. The van der Waals surface area contributed by atoms with E-state index in [4.69, 9.17) is 28.6 Å². The minimum atomic E-state index is 0.747. The van der Waals surface area contributed by atoms with E-state index in [2.05, 4.69) is 71.2 Å². The molecule has 0 aromatic carbocycles. The lowest BCUT2D eigenvalue weighted by Crippen LogP contribution is -2.25. The van der Waals surface area contributed by atoms with Gasteiger partial charge in [-0.05, 0) is 96.1 Å². The first-order valence-electron chi connectivity index (χ1n) is 17.8. The predicted octanol–water partition coefficient (Wildman–Crippen LogP) is 5.43. The fraction of sp³-hybridized carbons (Fsp3) is 0.538. The normalized spacial score (nSPS) is 14.8. The Morgan fingerprint density at radius 3 is 0.980 bits per heavy atom. The molecule has 6 heterocycles. The summed E-state index contributed by atoms with van der Waals surface area (Å²) >= 11 is 0. The zero-order valence-corrected chi connectivity index (χ0v) is 32.3. The first-order chi connectivity index (χ1) is 24.7. The van der Waals surface area contributed by atoms with E-state index in [1.165, 1.54) is 54.2 Å². The van der Waals surface area contributed by atoms with E-state index in [-0.39, 0.29) is 0 Å². The third-order valence-electron chi connectivity index (χ3n) is 8.18. The lowest BCUT2D eigenvalue weighted by Gasteiger charge is -2.16. The maximum Gasteiger partial charge on any atom is 0.218 e. The molecule has 0 radical (unpaired) electrons. The van der Waals surface area contributed by atoms with Gasteiger partial charge in [-0.2, -0.15) is 0 Å². The van der Waals surface area contributed by atoms with Gasteiger partial charge in [0, 0.05) is 74.5 Å². The van der Waals surface area contributed by atoms with Gasteiger partial charge in [-0.15, -0.1) is 0 Å². The van der Waals surface area contributed by atoms with Crippen LogP contribution in [0.5, 0.6) is 17.6 Å². The highest BCUT2D eigenvalue weighted by atomic mass is 16.5. The van der Waals surface area contributed by atoms with Crippen LogP contribution in [-0.4, -0.2) is 108 Å². The number of hydrogen-bond acceptors (Lipinski definition) is 12. The van der Waals surface area contributed by atoms with Gasteiger partial charge in [0.25, 0.3) is 0 Å². The zero-order chi connectivity index (χ0) is 38.0. The number of aryl methyl sites for hydroxylation is 3. The van der Waals surface area contributed by atoms with E-state index in [0.29, 0.717) is 0 Å². The second-order valence-corrected chi connectivity index (χ2v) is 11.6. The van der Waals surface area contributed by atoms with Crippen LogP contribution in [0.25, 0.3) is 0 Å². The predicted molar refractivity (Wildman–Crippen MR) is 201 cm³/mol. The molecular formula is C39H60N6O6. The average molecular weight is 709 g/mol. The van der Waals surface area contributed by atoms with Crippen molar-refractivity contribution in [2.24, 2.45) is 0 Å². The molecule has 0 aliphatic carbocycles. The highest BCUT2D eigenvalue weighted by molar-refractivity contribution is 5.45. The monoisotopic (exact) mass is 708 g/mol. The van der Waals surface area contributed by atoms with E-state index in [0.717, 1.165) is 115 Å². The molecule has 3 aliphatic rings. The van der Waals surface area contributed by atoms with E-state index in [1.54, 1.807) is 0 Å². The number of likely N-dealkylation sites (N-methyl/N-ethyl adjacent to an activating group) is 3. The van der Waals surface area contributed by atoms with Gasteiger partial charge in [0.15, 0.2) is 0 Å². The molecule has 282 valence electrons. The molecule has 12 heteroatoms. The minimum absolute atomic E-state index is 0.747. The molecule has 3 aliphatic heterocycles. The number of aromatic nitrogens is 3. The number of carbonyl (C=O) groups excluding carboxylic acids is 3. The van der Waals surface area contributed by atoms with Crippen molar-refractivity contribution in [1.29, 1.82) is 0 Å². The highest BCUT2D eigenvalue weighted by Gasteiger charge is 2.18. The summed E-state index contributed by atoms with van der Waals surface area (Å²) in [5.74, 6) is 2.46. The van der Waals surface area contributed by atoms with Gasteiger partial charge in [0.2, 0.25) is 17.6 Å². The van der Waals surface area contributed by atoms with Crippen molar-refractivity contribution in [3.8, 4) is 17.6 Å². The fourth-order valence-electron chi connectivity index (χ4n) is 5.17. The smallest absolute Gasteiger partial charge is 0.218 e. The molecule has 6 rings (SSSR count). The molecular weight excluding hydrogens is 648 g/mol. The van der Waals surface area contributed by atoms with E-state index < -0.39 is 0 Å². The number of aldehydes is 3. The minimum Gasteiger partial charge on any atom is -0.476 e. The Balaban J connectivity index is 0.000000342. The largest absolute Gasteiger partial charge is 0.476 e. The molecule has 0 bridgehead atoms. The van der Waals surface area contributed by atoms with Gasteiger partial charge in [-0.3, -0.25) is 14.7 Å². The first kappa shape index (κ1) is 44.8. The van der Waals surface area contributed by atoms with Crippen molar-refractivity contribution in [1.82, 2.24) is 29.7 Å². The van der Waals surface area contributed by atoms with Crippen molar-refractivity contribution in [3.63, 3.8) is 0 Å². The van der Waals surface area contributed by atoms with Crippen LogP contribution < -0.4 is 14.2 Å². The zero-order valence-electron chi connectivity index (χ0n) is 32.3. The maximum atomic E-state index is 8.81. The van der Waals surface area contributed by atoms with Crippen LogP contribution in [0.4, 0.5) is 0 Å². The Hall–Kier alpha value is -4.26. The van der Waals surface area contributed by atoms with Crippen molar-refractivity contribution in [2.45, 2.75) is 81.9 Å². The standard InChI is InChI=1S/3C11H16N2O.3C2H4O/c3*1-3-13-6-7-14-11-10(8-13)9(2)4-5-12-11;3*1-2-3/h3*4-5H,3,6-8H2,1-2H3;3*2H,1H3. The molecule has 0 fully saturated rings. The van der Waals surface area contributed by atoms with Crippen LogP contribution in [-0.2, 0) is 34.0 Å². The number of rotatable bonds is 3. The molecule has 0 atom stereocenters. The average Bonchev–Trinajstić information content (AvgIpc) is 3.58. The number of carbonyl (C=O) groups is 3. The molecule has 51 heavy (non-hydrogen) atoms. The van der Waals surface area contributed by atoms with Gasteiger partial charge >= 0.3 is 0 Å². The van der Waals surface area contributed by atoms with Crippen molar-refractivity contribution in [3.05, 3.63) is 70.2 Å². The van der Waals surface area contributed by atoms with Crippen LogP contribution in [0.3, 0.4) is 0 Å². The van der Waals surface area contributed by atoms with E-state index >= 15 is 0 Å². The molecule has 0 N–H and O–H groups in total. The van der Waals surface area contributed by atoms with Crippen LogP contribution >= 0.6 is 0 Å². The molecule has 0 unspecified atom stereocenters. The third kappa shape index (κ3) is 16.1. The van der Waals surface area contributed by atoms with Gasteiger partial charge in [-0.1, -0.05) is 20.8 Å². The summed E-state index contributed by atoms with van der Waals surface area (Å²) in [6.07, 6.45) is 7.70. The molecule has 3 aromatic rings. The van der Waals surface area contributed by atoms with Gasteiger partial charge in [-0.25, -0.2) is 15.0 Å². The van der Waals surface area contributed by atoms with Crippen LogP contribution in [0.1, 0.15) is 74.9 Å². The summed E-state index contributed by atoms with van der Waals surface area (Å²) in [6, 6.07) is 6.13. The Morgan fingerprint density at radius 1 is 0.529 bits per heavy atom. The lowest BCUT2D eigenvalue weighted by atomic mass is 10.1. The first-order valence-corrected chi connectivity index (χ1v) is 17.8. The number of hydrogen-bond donors (Lipinski definition) is 0. The van der Waals surface area contributed by atoms with Crippen molar-refractivity contribution < 1.29 is 28.6 Å². The van der Waals surface area contributed by atoms with Crippen molar-refractivity contribution >= 4 is 18.9 Å². The summed E-state index contributed by atoms with van der Waals surface area (Å²) in [4.78, 5) is 46.3. The third-order valence-corrected chi connectivity index (χ3v) is 8.18. The molecule has 0 amide bonds. The summed E-state index contributed by atoms with van der Waals surface area (Å²) in [7, 11) is 0. The second-order valence-electron chi connectivity index (χ2n) is 11.6. The number of nitrogens with zero attached hydrogens (tertiary/aromatic N) is 6. The summed E-state index contributed by atoms with van der Waals surface area (Å²) in [5.41, 5.74) is 7.55. The van der Waals surface area contributed by atoms with Gasteiger partial charge in [0.05, 0.1) is 0 Å². The topological polar surface area (TPSA) is 127 Å². The highest BCUT2D eigenvalue weighted by Crippen LogP contribution is 2.25. The Bertz CT molecular complexity index is 1270. The van der Waals surface area contributed by atoms with Crippen LogP contribution in [0, 0.1) is 20.8 Å². The molecule has 0 saturated carbocycles. The van der Waals surface area contributed by atoms with Crippen LogP contribution in [0.15, 0.2) is 36.8 Å². The van der Waals surface area contributed by atoms with Gasteiger partial charge < -0.3 is 28.6 Å². The molecule has 0 spiro atoms. The molecule has 0 saturated heterocycles. The SMILES string of the molecule is CC=O.CC=O.CC=O.CCN1CCOc2nccc(C)c2C1.CCN1CCOc2nccc(C)c2C1.CCN1CCOc2nccc(C)c2C1. The number of ether oxygens (including phenoxy) is 3. The summed E-state index contributed by atoms with van der Waals surface area (Å²) < 4.78 is 16.8. The van der Waals surface area contributed by atoms with Crippen LogP contribution in [0.2, 0.25) is 0 Å². The van der Waals surface area contributed by atoms with Crippen molar-refractivity contribution in [2.75, 3.05) is 59.1 Å². The number of pyridine rings is 3. The lowest BCUT2D eigenvalue weighted by molar-refractivity contribution is -0.106. The van der Waals surface area contributed by atoms with E-state index in [1.807, 2.05) is 36.8 Å². The Morgan fingerprint density at radius 2 is 0.765 bits per heavy atom. The quantitative estimate of drug-likeness (QED) is 0.322. The fourth-order valence-corrected chi connectivity index (χ4v) is 5.17. The molecule has 3 aromatic heterocycles. The maximum absolute atomic E-state index is 8.81. The second kappa shape index (κ2) is 26.5. The molecule has 12 nitrogen and oxygen atoms in total.